The summed E-state index contributed by atoms with van der Waals surface area (Å²) in [6.07, 6.45) is 0.942. The molecule has 0 atom stereocenters. The maximum absolute atomic E-state index is 12.1. The number of hydrogen-bond donors (Lipinski definition) is 2. The van der Waals surface area contributed by atoms with Gasteiger partial charge in [-0.1, -0.05) is 0 Å². The monoisotopic (exact) mass is 289 g/mol. The molecule has 1 aromatic carbocycles. The number of morpholine rings is 1. The summed E-state index contributed by atoms with van der Waals surface area (Å²) >= 11 is 0. The predicted molar refractivity (Wildman–Crippen MR) is 78.1 cm³/mol. The van der Waals surface area contributed by atoms with Crippen LogP contribution in [0.2, 0.25) is 0 Å². The van der Waals surface area contributed by atoms with Gasteiger partial charge in [-0.3, -0.25) is 9.69 Å². The molecule has 0 aliphatic carbocycles. The molecule has 21 heavy (non-hydrogen) atoms. The van der Waals surface area contributed by atoms with Crippen molar-refractivity contribution in [1.82, 2.24) is 25.6 Å². The number of benzene rings is 1. The molecule has 0 bridgehead atoms. The summed E-state index contributed by atoms with van der Waals surface area (Å²) in [6.45, 7) is 5.25. The fraction of sp³-hybridized carbons (Fsp3) is 0.500. The van der Waals surface area contributed by atoms with E-state index in [1.165, 1.54) is 0 Å². The third-order valence-electron chi connectivity index (χ3n) is 3.62. The summed E-state index contributed by atoms with van der Waals surface area (Å²) < 4.78 is 5.31. The molecule has 0 saturated carbocycles. The van der Waals surface area contributed by atoms with Gasteiger partial charge in [-0.25, -0.2) is 0 Å². The molecule has 1 aliphatic rings. The molecule has 0 radical (unpaired) electrons. The van der Waals surface area contributed by atoms with Crippen molar-refractivity contribution in [3.63, 3.8) is 0 Å². The molecule has 112 valence electrons. The molecule has 1 aromatic heterocycles. The molecule has 2 aromatic rings. The molecule has 0 unspecified atom stereocenters. The highest BCUT2D eigenvalue weighted by Crippen LogP contribution is 2.10. The first kappa shape index (κ1) is 14.0. The summed E-state index contributed by atoms with van der Waals surface area (Å²) in [5, 5.41) is 13.4. The number of ether oxygens (including phenoxy) is 1. The molecular formula is C14H19N5O2. The van der Waals surface area contributed by atoms with Crippen LogP contribution >= 0.6 is 0 Å². The number of carbonyl (C=O) groups excluding carboxylic acids is 1. The highest BCUT2D eigenvalue weighted by atomic mass is 16.5. The van der Waals surface area contributed by atoms with Crippen LogP contribution in [-0.2, 0) is 4.74 Å². The van der Waals surface area contributed by atoms with Crippen LogP contribution in [0.3, 0.4) is 0 Å². The van der Waals surface area contributed by atoms with Gasteiger partial charge in [-0.2, -0.15) is 15.4 Å². The number of hydrogen-bond acceptors (Lipinski definition) is 5. The molecule has 0 spiro atoms. The number of carbonyl (C=O) groups is 1. The van der Waals surface area contributed by atoms with E-state index in [4.69, 9.17) is 4.74 Å². The van der Waals surface area contributed by atoms with Crippen LogP contribution in [0.1, 0.15) is 16.8 Å². The number of fused-ring (bicyclic) bond motifs is 1. The lowest BCUT2D eigenvalue weighted by Gasteiger charge is -2.26. The number of amides is 1. The second-order valence-corrected chi connectivity index (χ2v) is 5.09. The maximum atomic E-state index is 12.1. The van der Waals surface area contributed by atoms with Crippen molar-refractivity contribution in [2.45, 2.75) is 6.42 Å². The van der Waals surface area contributed by atoms with E-state index in [-0.39, 0.29) is 5.91 Å². The van der Waals surface area contributed by atoms with Crippen LogP contribution in [0.15, 0.2) is 18.2 Å². The van der Waals surface area contributed by atoms with Gasteiger partial charge in [0.1, 0.15) is 11.0 Å². The predicted octanol–water partition coefficient (Wildman–Crippen LogP) is 0.410. The minimum Gasteiger partial charge on any atom is -0.379 e. The zero-order chi connectivity index (χ0) is 14.5. The molecular weight excluding hydrogens is 270 g/mol. The lowest BCUT2D eigenvalue weighted by Crippen LogP contribution is -2.38. The van der Waals surface area contributed by atoms with Crippen molar-refractivity contribution in [2.24, 2.45) is 0 Å². The van der Waals surface area contributed by atoms with E-state index in [1.54, 1.807) is 18.2 Å². The van der Waals surface area contributed by atoms with E-state index < -0.39 is 0 Å². The zero-order valence-electron chi connectivity index (χ0n) is 11.8. The minimum atomic E-state index is -0.0677. The van der Waals surface area contributed by atoms with Crippen LogP contribution < -0.4 is 5.32 Å². The number of aromatic nitrogens is 3. The Kier molecular flexibility index (Phi) is 4.42. The summed E-state index contributed by atoms with van der Waals surface area (Å²) in [4.78, 5) is 14.4. The van der Waals surface area contributed by atoms with Crippen molar-refractivity contribution in [3.05, 3.63) is 23.8 Å². The van der Waals surface area contributed by atoms with E-state index in [0.29, 0.717) is 17.6 Å². The normalized spacial score (nSPS) is 16.2. The van der Waals surface area contributed by atoms with Crippen LogP contribution in [0, 0.1) is 0 Å². The van der Waals surface area contributed by atoms with E-state index in [2.05, 4.69) is 25.6 Å². The topological polar surface area (TPSA) is 83.1 Å². The largest absolute Gasteiger partial charge is 0.379 e. The lowest BCUT2D eigenvalue weighted by atomic mass is 10.2. The Morgan fingerprint density at radius 1 is 1.29 bits per heavy atom. The van der Waals surface area contributed by atoms with E-state index >= 15 is 0 Å². The van der Waals surface area contributed by atoms with Crippen molar-refractivity contribution in [2.75, 3.05) is 39.4 Å². The smallest absolute Gasteiger partial charge is 0.251 e. The quantitative estimate of drug-likeness (QED) is 0.779. The summed E-state index contributed by atoms with van der Waals surface area (Å²) in [5.74, 6) is -0.0677. The summed E-state index contributed by atoms with van der Waals surface area (Å²) in [6, 6.07) is 5.31. The van der Waals surface area contributed by atoms with Gasteiger partial charge in [-0.15, -0.1) is 0 Å². The second-order valence-electron chi connectivity index (χ2n) is 5.09. The lowest BCUT2D eigenvalue weighted by molar-refractivity contribution is 0.0374. The van der Waals surface area contributed by atoms with Crippen LogP contribution in [0.4, 0.5) is 0 Å². The third kappa shape index (κ3) is 3.56. The Bertz CT molecular complexity index is 606. The van der Waals surface area contributed by atoms with Crippen LogP contribution in [0.25, 0.3) is 11.0 Å². The van der Waals surface area contributed by atoms with Gasteiger partial charge in [0, 0.05) is 25.2 Å². The van der Waals surface area contributed by atoms with Gasteiger partial charge in [-0.05, 0) is 31.2 Å². The Balaban J connectivity index is 1.45. The number of H-pyrrole nitrogens is 1. The van der Waals surface area contributed by atoms with Gasteiger partial charge in [0.2, 0.25) is 0 Å². The number of rotatable bonds is 5. The Morgan fingerprint density at radius 3 is 2.95 bits per heavy atom. The van der Waals surface area contributed by atoms with Gasteiger partial charge in [0.05, 0.1) is 13.2 Å². The molecule has 3 rings (SSSR count). The van der Waals surface area contributed by atoms with Gasteiger partial charge >= 0.3 is 0 Å². The zero-order valence-corrected chi connectivity index (χ0v) is 11.8. The molecule has 1 fully saturated rings. The summed E-state index contributed by atoms with van der Waals surface area (Å²) in [7, 11) is 0. The fourth-order valence-electron chi connectivity index (χ4n) is 2.41. The van der Waals surface area contributed by atoms with Crippen molar-refractivity contribution < 1.29 is 9.53 Å². The standard InChI is InChI=1S/C14H19N5O2/c20-14(11-2-3-12-13(10-11)17-18-16-12)15-4-1-5-19-6-8-21-9-7-19/h2-3,10H,1,4-9H2,(H,15,20)(H,16,17,18). The second kappa shape index (κ2) is 6.64. The Labute approximate surface area is 122 Å². The van der Waals surface area contributed by atoms with Crippen molar-refractivity contribution >= 4 is 16.9 Å². The van der Waals surface area contributed by atoms with Crippen LogP contribution in [0.5, 0.6) is 0 Å². The van der Waals surface area contributed by atoms with Gasteiger partial charge in [0.25, 0.3) is 5.91 Å². The Hall–Kier alpha value is -1.99. The highest BCUT2D eigenvalue weighted by Gasteiger charge is 2.10. The van der Waals surface area contributed by atoms with Crippen molar-refractivity contribution in [1.29, 1.82) is 0 Å². The van der Waals surface area contributed by atoms with E-state index in [0.717, 1.165) is 44.8 Å². The maximum Gasteiger partial charge on any atom is 0.251 e. The molecule has 2 N–H and O–H groups in total. The average Bonchev–Trinajstić information content (AvgIpc) is 3.00. The van der Waals surface area contributed by atoms with E-state index in [9.17, 15) is 4.79 Å². The average molecular weight is 289 g/mol. The van der Waals surface area contributed by atoms with E-state index in [1.807, 2.05) is 0 Å². The molecule has 7 nitrogen and oxygen atoms in total. The summed E-state index contributed by atoms with van der Waals surface area (Å²) in [5.41, 5.74) is 2.08. The molecule has 1 amide bonds. The first-order valence-corrected chi connectivity index (χ1v) is 7.22. The Morgan fingerprint density at radius 2 is 2.10 bits per heavy atom. The molecule has 1 saturated heterocycles. The van der Waals surface area contributed by atoms with Gasteiger partial charge in [0.15, 0.2) is 0 Å². The van der Waals surface area contributed by atoms with Crippen LogP contribution in [-0.4, -0.2) is 65.6 Å². The molecule has 2 heterocycles. The number of nitrogens with zero attached hydrogens (tertiary/aromatic N) is 3. The number of nitrogens with one attached hydrogen (secondary N) is 2. The minimum absolute atomic E-state index is 0.0677. The third-order valence-corrected chi connectivity index (χ3v) is 3.62. The first-order chi connectivity index (χ1) is 10.3. The van der Waals surface area contributed by atoms with Gasteiger partial charge < -0.3 is 10.1 Å². The SMILES string of the molecule is O=C(NCCCN1CCOCC1)c1ccc2n[nH]nc2c1. The van der Waals surface area contributed by atoms with Crippen molar-refractivity contribution in [3.8, 4) is 0 Å². The number of aromatic amines is 1. The first-order valence-electron chi connectivity index (χ1n) is 7.22. The fourth-order valence-corrected chi connectivity index (χ4v) is 2.41. The molecule has 7 heteroatoms. The highest BCUT2D eigenvalue weighted by molar-refractivity contribution is 5.97. The molecule has 1 aliphatic heterocycles.